The molecule has 4 aliphatic rings. The van der Waals surface area contributed by atoms with Crippen LogP contribution in [0.2, 0.25) is 5.02 Å². The molecule has 4 N–H and O–H groups in total. The highest BCUT2D eigenvalue weighted by Gasteiger charge is 2.62. The Bertz CT molecular complexity index is 1940. The van der Waals surface area contributed by atoms with Crippen molar-refractivity contribution in [3.05, 3.63) is 64.2 Å². The standard InChI is InChI=1S/C36H43ClF3N5O7S/c1-5-20-16-35(20,32(48)43-53(51,52)23-12-13-23)42-30(46)27-14-19(28-24-10-7-11-26(37)25(24)18-45(28)33(49)50)17-44(27)31(47)29(34(2,3)4)41-22-9-6-8-21(15-22)36(38,39)40/h6-11,15,19-20,23,27-29,41H,5,12-14,16-18H2,1-4H3,(H,42,46)(H,43,48)(H,49,50)/t19-,20-,27+,28?,29-,35-/m1/s1. The first kappa shape index (κ1) is 38.7. The monoisotopic (exact) mass is 781 g/mol. The first-order valence-electron chi connectivity index (χ1n) is 17.6. The van der Waals surface area contributed by atoms with Crippen LogP contribution in [0, 0.1) is 17.3 Å². The molecule has 0 spiro atoms. The molecule has 288 valence electrons. The smallest absolute Gasteiger partial charge is 0.416 e. The summed E-state index contributed by atoms with van der Waals surface area (Å²) in [5.41, 5.74) is -2.12. The van der Waals surface area contributed by atoms with Crippen molar-refractivity contribution < 1.29 is 45.9 Å². The van der Waals surface area contributed by atoms with Crippen LogP contribution in [0.3, 0.4) is 0 Å². The van der Waals surface area contributed by atoms with Gasteiger partial charge in [-0.25, -0.2) is 13.2 Å². The summed E-state index contributed by atoms with van der Waals surface area (Å²) in [6.45, 7) is 6.83. The predicted octanol–water partition coefficient (Wildman–Crippen LogP) is 5.53. The van der Waals surface area contributed by atoms with Crippen molar-refractivity contribution in [2.75, 3.05) is 11.9 Å². The van der Waals surface area contributed by atoms with Gasteiger partial charge in [0.05, 0.1) is 23.4 Å². The van der Waals surface area contributed by atoms with E-state index >= 15 is 0 Å². The summed E-state index contributed by atoms with van der Waals surface area (Å²) in [6.07, 6.45) is -4.43. The molecule has 2 aliphatic carbocycles. The van der Waals surface area contributed by atoms with Gasteiger partial charge in [0.25, 0.3) is 5.91 Å². The maximum Gasteiger partial charge on any atom is 0.416 e. The summed E-state index contributed by atoms with van der Waals surface area (Å²) in [5.74, 6) is -3.22. The van der Waals surface area contributed by atoms with E-state index in [1.54, 1.807) is 45.9 Å². The predicted molar refractivity (Wildman–Crippen MR) is 189 cm³/mol. The Balaban J connectivity index is 1.35. The van der Waals surface area contributed by atoms with Gasteiger partial charge in [-0.1, -0.05) is 63.9 Å². The molecular formula is C36H43ClF3N5O7S. The van der Waals surface area contributed by atoms with Crippen LogP contribution in [0.15, 0.2) is 42.5 Å². The van der Waals surface area contributed by atoms with Crippen molar-refractivity contribution in [2.45, 2.75) is 101 Å². The van der Waals surface area contributed by atoms with E-state index in [0.717, 1.165) is 12.1 Å². The van der Waals surface area contributed by atoms with Crippen molar-refractivity contribution >= 4 is 51.1 Å². The van der Waals surface area contributed by atoms with E-state index in [4.69, 9.17) is 11.6 Å². The second kappa shape index (κ2) is 13.7. The minimum Gasteiger partial charge on any atom is -0.465 e. The summed E-state index contributed by atoms with van der Waals surface area (Å²) in [6, 6.07) is 6.29. The van der Waals surface area contributed by atoms with Crippen molar-refractivity contribution in [2.24, 2.45) is 17.3 Å². The Hall–Kier alpha value is -4.05. The quantitative estimate of drug-likeness (QED) is 0.245. The number of amides is 4. The molecule has 1 unspecified atom stereocenters. The molecule has 2 saturated carbocycles. The number of sulfonamides is 1. The summed E-state index contributed by atoms with van der Waals surface area (Å²) in [4.78, 5) is 57.8. The fourth-order valence-corrected chi connectivity index (χ4v) is 9.41. The van der Waals surface area contributed by atoms with Crippen LogP contribution < -0.4 is 15.4 Å². The lowest BCUT2D eigenvalue weighted by molar-refractivity contribution is -0.141. The van der Waals surface area contributed by atoms with Crippen molar-refractivity contribution in [3.63, 3.8) is 0 Å². The van der Waals surface area contributed by atoms with Gasteiger partial charge in [-0.15, -0.1) is 0 Å². The summed E-state index contributed by atoms with van der Waals surface area (Å²) < 4.78 is 68.4. The van der Waals surface area contributed by atoms with Gasteiger partial charge in [0.2, 0.25) is 21.8 Å². The Morgan fingerprint density at radius 1 is 1.06 bits per heavy atom. The highest BCUT2D eigenvalue weighted by atomic mass is 35.5. The van der Waals surface area contributed by atoms with Crippen molar-refractivity contribution in [1.29, 1.82) is 0 Å². The van der Waals surface area contributed by atoms with E-state index < -0.39 is 85.8 Å². The number of alkyl halides is 3. The molecule has 3 fully saturated rings. The number of hydrogen-bond donors (Lipinski definition) is 4. The number of nitrogens with zero attached hydrogens (tertiary/aromatic N) is 2. The zero-order valence-corrected chi connectivity index (χ0v) is 31.2. The first-order chi connectivity index (χ1) is 24.7. The van der Waals surface area contributed by atoms with Crippen LogP contribution >= 0.6 is 11.6 Å². The van der Waals surface area contributed by atoms with E-state index in [-0.39, 0.29) is 37.5 Å². The van der Waals surface area contributed by atoms with Crippen LogP contribution in [0.1, 0.15) is 82.5 Å². The Labute approximate surface area is 310 Å². The second-order valence-corrected chi connectivity index (χ2v) is 18.0. The van der Waals surface area contributed by atoms with Gasteiger partial charge < -0.3 is 20.6 Å². The molecule has 0 aromatic heterocycles. The van der Waals surface area contributed by atoms with Gasteiger partial charge in [-0.2, -0.15) is 13.2 Å². The molecule has 2 aromatic rings. The molecule has 12 nitrogen and oxygen atoms in total. The molecule has 0 radical (unpaired) electrons. The SMILES string of the molecule is CC[C@@H]1C[C@]1(NC(=O)[C@@H]1C[C@@H](C2c3cccc(Cl)c3CN2C(=O)O)CN1C(=O)[C@@H](Nc1cccc(C(F)(F)F)c1)C(C)(C)C)C(=O)NS(=O)(=O)C1CC1. The number of hydrogen-bond acceptors (Lipinski definition) is 7. The third-order valence-electron chi connectivity index (χ3n) is 10.9. The van der Waals surface area contributed by atoms with Crippen LogP contribution in [-0.4, -0.2) is 76.6 Å². The maximum absolute atomic E-state index is 14.7. The van der Waals surface area contributed by atoms with Gasteiger partial charge in [-0.05, 0) is 72.4 Å². The van der Waals surface area contributed by atoms with Gasteiger partial charge in [0.1, 0.15) is 17.6 Å². The normalized spacial score (nSPS) is 26.1. The lowest BCUT2D eigenvalue weighted by atomic mass is 9.85. The largest absolute Gasteiger partial charge is 0.465 e. The Morgan fingerprint density at radius 3 is 2.32 bits per heavy atom. The lowest BCUT2D eigenvalue weighted by Gasteiger charge is -2.36. The number of benzene rings is 2. The average molecular weight is 782 g/mol. The molecule has 6 rings (SSSR count). The number of fused-ring (bicyclic) bond motifs is 1. The molecule has 6 atom stereocenters. The summed E-state index contributed by atoms with van der Waals surface area (Å²) >= 11 is 6.48. The minimum absolute atomic E-state index is 0.0189. The number of anilines is 1. The number of carbonyl (C=O) groups is 4. The van der Waals surface area contributed by atoms with E-state index in [2.05, 4.69) is 15.4 Å². The number of nitrogens with one attached hydrogen (secondary N) is 3. The average Bonchev–Trinajstić information content (AvgIpc) is 3.96. The summed E-state index contributed by atoms with van der Waals surface area (Å²) in [5, 5.41) is 15.7. The molecule has 2 aromatic carbocycles. The van der Waals surface area contributed by atoms with Gasteiger partial charge in [0.15, 0.2) is 0 Å². The van der Waals surface area contributed by atoms with E-state index in [1.807, 2.05) is 0 Å². The van der Waals surface area contributed by atoms with Gasteiger partial charge in [0, 0.05) is 23.2 Å². The van der Waals surface area contributed by atoms with Crippen LogP contribution in [0.25, 0.3) is 0 Å². The van der Waals surface area contributed by atoms with Crippen LogP contribution in [0.5, 0.6) is 0 Å². The fraction of sp³-hybridized carbons (Fsp3) is 0.556. The number of halogens is 4. The van der Waals surface area contributed by atoms with Gasteiger partial charge >= 0.3 is 12.3 Å². The van der Waals surface area contributed by atoms with E-state index in [1.165, 1.54) is 21.9 Å². The number of rotatable bonds is 10. The fourth-order valence-electron chi connectivity index (χ4n) is 7.80. The topological polar surface area (TPSA) is 165 Å². The maximum atomic E-state index is 14.7. The van der Waals surface area contributed by atoms with Crippen LogP contribution in [0.4, 0.5) is 23.7 Å². The highest BCUT2D eigenvalue weighted by molar-refractivity contribution is 7.91. The molecule has 2 heterocycles. The third kappa shape index (κ3) is 7.53. The number of carbonyl (C=O) groups excluding carboxylic acids is 3. The van der Waals surface area contributed by atoms with E-state index in [9.17, 15) is 45.9 Å². The van der Waals surface area contributed by atoms with E-state index in [0.29, 0.717) is 35.4 Å². The summed E-state index contributed by atoms with van der Waals surface area (Å²) in [7, 11) is -3.94. The zero-order valence-electron chi connectivity index (χ0n) is 29.7. The minimum atomic E-state index is -4.64. The molecule has 2 aliphatic heterocycles. The van der Waals surface area contributed by atoms with Crippen molar-refractivity contribution in [3.8, 4) is 0 Å². The molecule has 53 heavy (non-hydrogen) atoms. The molecule has 4 amide bonds. The van der Waals surface area contributed by atoms with Crippen molar-refractivity contribution in [1.82, 2.24) is 19.8 Å². The second-order valence-electron chi connectivity index (χ2n) is 15.6. The third-order valence-corrected chi connectivity index (χ3v) is 13.1. The molecule has 1 saturated heterocycles. The lowest BCUT2D eigenvalue weighted by Crippen LogP contribution is -2.58. The molecule has 0 bridgehead atoms. The number of likely N-dealkylation sites (tertiary alicyclic amines) is 1. The molecule has 17 heteroatoms. The van der Waals surface area contributed by atoms with Gasteiger partial charge in [-0.3, -0.25) is 24.0 Å². The highest BCUT2D eigenvalue weighted by Crippen LogP contribution is 2.49. The van der Waals surface area contributed by atoms with Crippen LogP contribution in [-0.2, 0) is 37.1 Å². The zero-order chi connectivity index (χ0) is 38.8. The Morgan fingerprint density at radius 2 is 1.74 bits per heavy atom. The first-order valence-corrected chi connectivity index (χ1v) is 19.5. The molecular weight excluding hydrogens is 739 g/mol. The number of carboxylic acid groups (broad SMARTS) is 1. The Kier molecular flexibility index (Phi) is 9.97.